The number of piperidine rings is 1. The molecule has 1 atom stereocenters. The standard InChI is InChI=1S/C16H22F2N2O2/c1-19-13-4-2-8-20(11-13)16(21)5-3-9-22-15-7-6-12(17)10-14(15)18/h6-7,10,13,19H,2-5,8-9,11H2,1H3/t13-/m1/s1. The molecule has 1 N–H and O–H groups in total. The van der Waals surface area contributed by atoms with Gasteiger partial charge in [0.1, 0.15) is 5.82 Å². The van der Waals surface area contributed by atoms with Crippen LogP contribution >= 0.6 is 0 Å². The van der Waals surface area contributed by atoms with Gasteiger partial charge in [-0.2, -0.15) is 0 Å². The van der Waals surface area contributed by atoms with E-state index in [9.17, 15) is 13.6 Å². The number of hydrogen-bond donors (Lipinski definition) is 1. The molecule has 0 saturated carbocycles. The average Bonchev–Trinajstić information content (AvgIpc) is 2.53. The third kappa shape index (κ3) is 4.66. The third-order valence-electron chi connectivity index (χ3n) is 3.87. The van der Waals surface area contributed by atoms with E-state index in [1.807, 2.05) is 11.9 Å². The Morgan fingerprint density at radius 3 is 3.00 bits per heavy atom. The van der Waals surface area contributed by atoms with Crippen LogP contribution in [0.15, 0.2) is 18.2 Å². The number of carbonyl (C=O) groups excluding carboxylic acids is 1. The van der Waals surface area contributed by atoms with Crippen molar-refractivity contribution in [3.63, 3.8) is 0 Å². The van der Waals surface area contributed by atoms with Gasteiger partial charge in [-0.3, -0.25) is 4.79 Å². The Bertz CT molecular complexity index is 511. The maximum absolute atomic E-state index is 13.4. The lowest BCUT2D eigenvalue weighted by Gasteiger charge is -2.32. The van der Waals surface area contributed by atoms with Gasteiger partial charge in [0.15, 0.2) is 11.6 Å². The molecule has 0 aromatic heterocycles. The van der Waals surface area contributed by atoms with Gasteiger partial charge in [-0.05, 0) is 38.4 Å². The lowest BCUT2D eigenvalue weighted by atomic mass is 10.1. The predicted octanol–water partition coefficient (Wildman–Crippen LogP) is 2.33. The van der Waals surface area contributed by atoms with E-state index in [4.69, 9.17) is 4.74 Å². The van der Waals surface area contributed by atoms with Gasteiger partial charge < -0.3 is 15.0 Å². The van der Waals surface area contributed by atoms with Gasteiger partial charge in [0.05, 0.1) is 6.61 Å². The van der Waals surface area contributed by atoms with E-state index in [0.29, 0.717) is 18.9 Å². The fourth-order valence-corrected chi connectivity index (χ4v) is 2.60. The summed E-state index contributed by atoms with van der Waals surface area (Å²) in [5.41, 5.74) is 0. The lowest BCUT2D eigenvalue weighted by Crippen LogP contribution is -2.46. The maximum Gasteiger partial charge on any atom is 0.222 e. The molecule has 1 aliphatic rings. The minimum absolute atomic E-state index is 0.0158. The SMILES string of the molecule is CN[C@@H]1CCCN(C(=O)CCCOc2ccc(F)cc2F)C1. The highest BCUT2D eigenvalue weighted by Gasteiger charge is 2.21. The summed E-state index contributed by atoms with van der Waals surface area (Å²) < 4.78 is 31.4. The molecule has 1 aromatic rings. The van der Waals surface area contributed by atoms with E-state index < -0.39 is 11.6 Å². The van der Waals surface area contributed by atoms with E-state index in [1.165, 1.54) is 6.07 Å². The monoisotopic (exact) mass is 312 g/mol. The number of rotatable bonds is 6. The Kier molecular flexibility index (Phi) is 6.12. The maximum atomic E-state index is 13.4. The first-order valence-corrected chi connectivity index (χ1v) is 7.63. The first kappa shape index (κ1) is 16.7. The summed E-state index contributed by atoms with van der Waals surface area (Å²) in [6.45, 7) is 1.77. The lowest BCUT2D eigenvalue weighted by molar-refractivity contribution is -0.132. The van der Waals surface area contributed by atoms with Gasteiger partial charge in [-0.1, -0.05) is 0 Å². The average molecular weight is 312 g/mol. The van der Waals surface area contributed by atoms with Crippen LogP contribution in [0.25, 0.3) is 0 Å². The molecule has 2 rings (SSSR count). The summed E-state index contributed by atoms with van der Waals surface area (Å²) >= 11 is 0. The molecule has 1 heterocycles. The van der Waals surface area contributed by atoms with E-state index in [-0.39, 0.29) is 18.3 Å². The second-order valence-electron chi connectivity index (χ2n) is 5.49. The van der Waals surface area contributed by atoms with E-state index >= 15 is 0 Å². The van der Waals surface area contributed by atoms with Gasteiger partial charge in [-0.15, -0.1) is 0 Å². The van der Waals surface area contributed by atoms with E-state index in [2.05, 4.69) is 5.32 Å². The number of hydrogen-bond acceptors (Lipinski definition) is 3. The summed E-state index contributed by atoms with van der Waals surface area (Å²) in [7, 11) is 1.91. The van der Waals surface area contributed by atoms with Crippen LogP contribution in [0.3, 0.4) is 0 Å². The van der Waals surface area contributed by atoms with Crippen LogP contribution in [-0.2, 0) is 4.79 Å². The topological polar surface area (TPSA) is 41.6 Å². The minimum atomic E-state index is -0.723. The van der Waals surface area contributed by atoms with Crippen molar-refractivity contribution in [1.82, 2.24) is 10.2 Å². The van der Waals surface area contributed by atoms with Crippen LogP contribution in [0.1, 0.15) is 25.7 Å². The van der Waals surface area contributed by atoms with Crippen LogP contribution in [0.4, 0.5) is 8.78 Å². The molecule has 0 radical (unpaired) electrons. The van der Waals surface area contributed by atoms with Gasteiger partial charge in [0, 0.05) is 31.6 Å². The highest BCUT2D eigenvalue weighted by atomic mass is 19.1. The summed E-state index contributed by atoms with van der Waals surface area (Å²) in [6.07, 6.45) is 2.98. The highest BCUT2D eigenvalue weighted by Crippen LogP contribution is 2.18. The number of carbonyl (C=O) groups is 1. The molecule has 1 aliphatic heterocycles. The highest BCUT2D eigenvalue weighted by molar-refractivity contribution is 5.76. The first-order valence-electron chi connectivity index (χ1n) is 7.63. The van der Waals surface area contributed by atoms with Crippen molar-refractivity contribution < 1.29 is 18.3 Å². The van der Waals surface area contributed by atoms with Gasteiger partial charge in [0.25, 0.3) is 0 Å². The summed E-state index contributed by atoms with van der Waals surface area (Å²) in [5, 5.41) is 3.20. The summed E-state index contributed by atoms with van der Waals surface area (Å²) in [5.74, 6) is -1.24. The molecule has 22 heavy (non-hydrogen) atoms. The number of nitrogens with one attached hydrogen (secondary N) is 1. The number of amides is 1. The number of halogens is 2. The number of benzene rings is 1. The molecule has 0 bridgehead atoms. The van der Waals surface area contributed by atoms with Crippen LogP contribution in [-0.4, -0.2) is 43.6 Å². The second kappa shape index (κ2) is 8.08. The van der Waals surface area contributed by atoms with Crippen molar-refractivity contribution in [1.29, 1.82) is 0 Å². The molecule has 6 heteroatoms. The number of nitrogens with zero attached hydrogens (tertiary/aromatic N) is 1. The Morgan fingerprint density at radius 1 is 1.45 bits per heavy atom. The molecule has 0 spiro atoms. The Labute approximate surface area is 129 Å². The molecule has 0 unspecified atom stereocenters. The van der Waals surface area contributed by atoms with Crippen LogP contribution in [0.5, 0.6) is 5.75 Å². The van der Waals surface area contributed by atoms with Crippen molar-refractivity contribution in [2.75, 3.05) is 26.7 Å². The fourth-order valence-electron chi connectivity index (χ4n) is 2.60. The molecular weight excluding hydrogens is 290 g/mol. The third-order valence-corrected chi connectivity index (χ3v) is 3.87. The smallest absolute Gasteiger partial charge is 0.222 e. The molecular formula is C16H22F2N2O2. The van der Waals surface area contributed by atoms with E-state index in [0.717, 1.165) is 38.1 Å². The molecule has 122 valence electrons. The molecule has 1 fully saturated rings. The van der Waals surface area contributed by atoms with Gasteiger partial charge >= 0.3 is 0 Å². The zero-order chi connectivity index (χ0) is 15.9. The van der Waals surface area contributed by atoms with E-state index in [1.54, 1.807) is 0 Å². The molecule has 1 saturated heterocycles. The van der Waals surface area contributed by atoms with Crippen LogP contribution in [0.2, 0.25) is 0 Å². The zero-order valence-electron chi connectivity index (χ0n) is 12.8. The Morgan fingerprint density at radius 2 is 2.27 bits per heavy atom. The van der Waals surface area contributed by atoms with Crippen molar-refractivity contribution in [2.24, 2.45) is 0 Å². The number of ether oxygens (including phenoxy) is 1. The fraction of sp³-hybridized carbons (Fsp3) is 0.562. The molecule has 0 aliphatic carbocycles. The van der Waals surface area contributed by atoms with Crippen molar-refractivity contribution in [3.05, 3.63) is 29.8 Å². The quantitative estimate of drug-likeness (QED) is 0.820. The Hall–Kier alpha value is -1.69. The van der Waals surface area contributed by atoms with Crippen molar-refractivity contribution in [2.45, 2.75) is 31.7 Å². The summed E-state index contributed by atoms with van der Waals surface area (Å²) in [4.78, 5) is 14.0. The zero-order valence-corrected chi connectivity index (χ0v) is 12.8. The van der Waals surface area contributed by atoms with Crippen molar-refractivity contribution in [3.8, 4) is 5.75 Å². The van der Waals surface area contributed by atoms with Crippen LogP contribution in [0, 0.1) is 11.6 Å². The number of likely N-dealkylation sites (tertiary alicyclic amines) is 1. The van der Waals surface area contributed by atoms with Gasteiger partial charge in [0.2, 0.25) is 5.91 Å². The summed E-state index contributed by atoms with van der Waals surface area (Å²) in [6, 6.07) is 3.55. The van der Waals surface area contributed by atoms with Gasteiger partial charge in [-0.25, -0.2) is 8.78 Å². The predicted molar refractivity (Wildman–Crippen MR) is 79.7 cm³/mol. The normalized spacial score (nSPS) is 18.3. The second-order valence-corrected chi connectivity index (χ2v) is 5.49. The minimum Gasteiger partial charge on any atom is -0.491 e. The molecule has 1 amide bonds. The van der Waals surface area contributed by atoms with Crippen LogP contribution < -0.4 is 10.1 Å². The molecule has 4 nitrogen and oxygen atoms in total. The molecule has 1 aromatic carbocycles. The van der Waals surface area contributed by atoms with Crippen molar-refractivity contribution >= 4 is 5.91 Å². The number of likely N-dealkylation sites (N-methyl/N-ethyl adjacent to an activating group) is 1. The first-order chi connectivity index (χ1) is 10.6. The Balaban J connectivity index is 1.70. The largest absolute Gasteiger partial charge is 0.491 e.